The Hall–Kier alpha value is -2.99. The molecule has 2 aromatic carbocycles. The van der Waals surface area contributed by atoms with Gasteiger partial charge in [-0.15, -0.1) is 0 Å². The fraction of sp³-hybridized carbons (Fsp3) is 0.190. The first-order valence-corrected chi connectivity index (χ1v) is 9.24. The minimum Gasteiger partial charge on any atom is -0.438 e. The van der Waals surface area contributed by atoms with Gasteiger partial charge in [0.25, 0.3) is 0 Å². The van der Waals surface area contributed by atoms with Crippen LogP contribution < -0.4 is 9.64 Å². The molecule has 1 aromatic heterocycles. The number of carbonyl (C=O) groups excluding carboxylic acids is 1. The number of benzene rings is 2. The van der Waals surface area contributed by atoms with Crippen molar-refractivity contribution in [3.63, 3.8) is 0 Å². The fourth-order valence-electron chi connectivity index (χ4n) is 3.28. The number of carbonyl (C=O) groups is 1. The van der Waals surface area contributed by atoms with E-state index < -0.39 is 6.67 Å². The summed E-state index contributed by atoms with van der Waals surface area (Å²) in [6.45, 7) is -0.537. The zero-order chi connectivity index (χ0) is 19.5. The molecule has 0 N–H and O–H groups in total. The second-order valence-electron chi connectivity index (χ2n) is 6.47. The van der Waals surface area contributed by atoms with E-state index in [0.29, 0.717) is 40.9 Å². The van der Waals surface area contributed by atoms with Crippen molar-refractivity contribution in [2.45, 2.75) is 25.6 Å². The van der Waals surface area contributed by atoms with Crippen LogP contribution in [0.1, 0.15) is 30.0 Å². The number of aromatic nitrogens is 2. The maximum atomic E-state index is 13.0. The van der Waals surface area contributed by atoms with Gasteiger partial charge in [-0.1, -0.05) is 35.9 Å². The number of ether oxygens (including phenoxy) is 1. The van der Waals surface area contributed by atoms with Gasteiger partial charge in [-0.05, 0) is 41.8 Å². The molecule has 3 aromatic rings. The van der Waals surface area contributed by atoms with E-state index in [1.165, 1.54) is 12.4 Å². The highest BCUT2D eigenvalue weighted by atomic mass is 35.5. The van der Waals surface area contributed by atoms with Gasteiger partial charge in [0.2, 0.25) is 11.8 Å². The van der Waals surface area contributed by atoms with Gasteiger partial charge in [-0.25, -0.2) is 14.4 Å². The summed E-state index contributed by atoms with van der Waals surface area (Å²) < 4.78 is 18.7. The van der Waals surface area contributed by atoms with Crippen LogP contribution in [0.15, 0.2) is 60.9 Å². The van der Waals surface area contributed by atoms with E-state index in [1.807, 2.05) is 6.07 Å². The summed E-state index contributed by atoms with van der Waals surface area (Å²) in [7, 11) is 0. The van der Waals surface area contributed by atoms with Crippen molar-refractivity contribution in [2.24, 2.45) is 0 Å². The van der Waals surface area contributed by atoms with E-state index in [-0.39, 0.29) is 11.9 Å². The van der Waals surface area contributed by atoms with Gasteiger partial charge in [0, 0.05) is 11.4 Å². The molecule has 1 aliphatic heterocycles. The largest absolute Gasteiger partial charge is 0.438 e. The maximum Gasteiger partial charge on any atom is 0.237 e. The smallest absolute Gasteiger partial charge is 0.237 e. The molecular weight excluding hydrogens is 381 g/mol. The predicted octanol–water partition coefficient (Wildman–Crippen LogP) is 5.26. The van der Waals surface area contributed by atoms with Crippen LogP contribution in [-0.4, -0.2) is 15.9 Å². The van der Waals surface area contributed by atoms with Crippen LogP contribution in [0.5, 0.6) is 11.6 Å². The number of hydrogen-bond acceptors (Lipinski definition) is 4. The first-order chi connectivity index (χ1) is 13.6. The Bertz CT molecular complexity index is 980. The van der Waals surface area contributed by atoms with Crippen molar-refractivity contribution in [1.29, 1.82) is 0 Å². The van der Waals surface area contributed by atoms with E-state index in [0.717, 1.165) is 5.56 Å². The van der Waals surface area contributed by atoms with E-state index in [1.54, 1.807) is 47.4 Å². The van der Waals surface area contributed by atoms with E-state index in [2.05, 4.69) is 9.97 Å². The molecule has 2 heterocycles. The number of nitrogens with zero attached hydrogens (tertiary/aromatic N) is 3. The molecule has 1 aliphatic rings. The summed E-state index contributed by atoms with van der Waals surface area (Å²) in [6, 6.07) is 14.0. The van der Waals surface area contributed by atoms with Gasteiger partial charge in [0.15, 0.2) is 5.82 Å². The molecule has 0 unspecified atom stereocenters. The molecule has 1 atom stereocenters. The maximum absolute atomic E-state index is 13.0. The summed E-state index contributed by atoms with van der Waals surface area (Å²) in [5.41, 5.74) is 1.49. The van der Waals surface area contributed by atoms with Crippen LogP contribution in [0.3, 0.4) is 0 Å². The number of anilines is 1. The van der Waals surface area contributed by atoms with E-state index in [9.17, 15) is 9.18 Å². The summed E-state index contributed by atoms with van der Waals surface area (Å²) in [5.74, 6) is 1.32. The molecular formula is C21H17ClFN3O2. The molecule has 0 radical (unpaired) electrons. The molecule has 0 saturated carbocycles. The Morgan fingerprint density at radius 3 is 2.68 bits per heavy atom. The minimum absolute atomic E-state index is 0.0312. The Balaban J connectivity index is 1.56. The lowest BCUT2D eigenvalue weighted by Gasteiger charge is -2.24. The lowest BCUT2D eigenvalue weighted by Crippen LogP contribution is -2.28. The number of hydrogen-bond donors (Lipinski definition) is 0. The van der Waals surface area contributed by atoms with Crippen molar-refractivity contribution in [3.05, 3.63) is 77.1 Å². The average molecular weight is 398 g/mol. The Morgan fingerprint density at radius 1 is 1.14 bits per heavy atom. The average Bonchev–Trinajstić information content (AvgIpc) is 3.12. The van der Waals surface area contributed by atoms with Gasteiger partial charge < -0.3 is 4.74 Å². The molecule has 1 amide bonds. The molecule has 7 heteroatoms. The van der Waals surface area contributed by atoms with Crippen LogP contribution in [-0.2, 0) is 11.5 Å². The molecule has 0 bridgehead atoms. The van der Waals surface area contributed by atoms with E-state index in [4.69, 9.17) is 16.3 Å². The quantitative estimate of drug-likeness (QED) is 0.589. The Labute approximate surface area is 166 Å². The number of halogens is 2. The first-order valence-electron chi connectivity index (χ1n) is 8.86. The van der Waals surface area contributed by atoms with Crippen LogP contribution >= 0.6 is 11.6 Å². The van der Waals surface area contributed by atoms with Crippen LogP contribution in [0.2, 0.25) is 5.02 Å². The molecule has 1 saturated heterocycles. The predicted molar refractivity (Wildman–Crippen MR) is 104 cm³/mol. The highest BCUT2D eigenvalue weighted by Crippen LogP contribution is 2.36. The molecule has 1 fully saturated rings. The zero-order valence-electron chi connectivity index (χ0n) is 14.9. The number of alkyl halides is 1. The Morgan fingerprint density at radius 2 is 1.96 bits per heavy atom. The third kappa shape index (κ3) is 3.82. The van der Waals surface area contributed by atoms with Gasteiger partial charge in [0.05, 0.1) is 18.4 Å². The monoisotopic (exact) mass is 397 g/mol. The van der Waals surface area contributed by atoms with E-state index >= 15 is 0 Å². The van der Waals surface area contributed by atoms with Crippen LogP contribution in [0.25, 0.3) is 0 Å². The lowest BCUT2D eigenvalue weighted by atomic mass is 10.0. The van der Waals surface area contributed by atoms with Crippen LogP contribution in [0, 0.1) is 0 Å². The summed E-state index contributed by atoms with van der Waals surface area (Å²) in [6.07, 6.45) is 4.06. The lowest BCUT2D eigenvalue weighted by molar-refractivity contribution is -0.117. The van der Waals surface area contributed by atoms with Crippen molar-refractivity contribution in [2.75, 3.05) is 4.90 Å². The number of amides is 1. The molecule has 142 valence electrons. The zero-order valence-corrected chi connectivity index (χ0v) is 15.6. The minimum atomic E-state index is -0.537. The highest BCUT2D eigenvalue weighted by Gasteiger charge is 2.34. The summed E-state index contributed by atoms with van der Waals surface area (Å²) >= 11 is 5.86. The van der Waals surface area contributed by atoms with Crippen molar-refractivity contribution in [1.82, 2.24) is 9.97 Å². The standard InChI is InChI=1S/C21H17ClFN3O2/c22-16-4-6-17(7-5-16)28-20-13-24-19(12-25-20)26-18(8-9-21(26)27)15-3-1-2-14(10-15)11-23/h1-7,10,12-13,18H,8-9,11H2/t18-/m1/s1. The van der Waals surface area contributed by atoms with Gasteiger partial charge >= 0.3 is 0 Å². The molecule has 28 heavy (non-hydrogen) atoms. The van der Waals surface area contributed by atoms with Gasteiger partial charge in [0.1, 0.15) is 12.4 Å². The summed E-state index contributed by atoms with van der Waals surface area (Å²) in [5, 5.41) is 0.615. The highest BCUT2D eigenvalue weighted by molar-refractivity contribution is 6.30. The second-order valence-corrected chi connectivity index (χ2v) is 6.90. The van der Waals surface area contributed by atoms with Crippen LogP contribution in [0.4, 0.5) is 10.2 Å². The van der Waals surface area contributed by atoms with Crippen molar-refractivity contribution < 1.29 is 13.9 Å². The SMILES string of the molecule is O=C1CC[C@H](c2cccc(CF)c2)N1c1cnc(Oc2ccc(Cl)cc2)cn1. The topological polar surface area (TPSA) is 55.3 Å². The van der Waals surface area contributed by atoms with Gasteiger partial charge in [-0.3, -0.25) is 9.69 Å². The second kappa shape index (κ2) is 7.94. The fourth-order valence-corrected chi connectivity index (χ4v) is 3.41. The summed E-state index contributed by atoms with van der Waals surface area (Å²) in [4.78, 5) is 22.7. The molecule has 4 rings (SSSR count). The third-order valence-electron chi connectivity index (χ3n) is 4.60. The third-order valence-corrected chi connectivity index (χ3v) is 4.85. The normalized spacial score (nSPS) is 16.4. The molecule has 0 spiro atoms. The number of rotatable bonds is 5. The first kappa shape index (κ1) is 18.4. The molecule has 5 nitrogen and oxygen atoms in total. The van der Waals surface area contributed by atoms with Crippen molar-refractivity contribution in [3.8, 4) is 11.6 Å². The Kier molecular flexibility index (Phi) is 5.21. The molecule has 0 aliphatic carbocycles. The van der Waals surface area contributed by atoms with Crippen molar-refractivity contribution >= 4 is 23.3 Å². The van der Waals surface area contributed by atoms with Gasteiger partial charge in [-0.2, -0.15) is 0 Å².